The minimum Gasteiger partial charge on any atom is -0.350 e. The molecule has 0 fully saturated rings. The van der Waals surface area contributed by atoms with Gasteiger partial charge in [-0.05, 0) is 28.9 Å². The van der Waals surface area contributed by atoms with Crippen molar-refractivity contribution in [3.8, 4) is 0 Å². The summed E-state index contributed by atoms with van der Waals surface area (Å²) in [5.74, 6) is -0.186. The van der Waals surface area contributed by atoms with Crippen molar-refractivity contribution in [1.82, 2.24) is 19.9 Å². The van der Waals surface area contributed by atoms with Crippen LogP contribution in [-0.4, -0.2) is 32.8 Å². The van der Waals surface area contributed by atoms with Gasteiger partial charge in [0.2, 0.25) is 0 Å². The molecule has 0 unspecified atom stereocenters. The second-order valence-electron chi connectivity index (χ2n) is 4.16. The first-order valence-corrected chi connectivity index (χ1v) is 7.20. The molecule has 0 radical (unpaired) electrons. The van der Waals surface area contributed by atoms with Crippen LogP contribution in [0.15, 0.2) is 10.5 Å². The molecule has 0 bridgehead atoms. The Morgan fingerprint density at radius 2 is 2.19 bits per heavy atom. The first-order valence-electron chi connectivity index (χ1n) is 5.78. The third kappa shape index (κ3) is 3.15. The zero-order valence-corrected chi connectivity index (χ0v) is 13.2. The molecule has 0 spiro atoms. The van der Waals surface area contributed by atoms with Crippen LogP contribution in [0.4, 0.5) is 13.2 Å². The fourth-order valence-electron chi connectivity index (χ4n) is 1.71. The van der Waals surface area contributed by atoms with Gasteiger partial charge in [-0.25, -0.2) is 9.50 Å². The number of alkyl halides is 3. The quantitative estimate of drug-likeness (QED) is 0.801. The third-order valence-corrected chi connectivity index (χ3v) is 3.52. The number of nitrogens with one attached hydrogen (secondary N) is 1. The number of carbonyl (C=O) groups is 1. The van der Waals surface area contributed by atoms with Crippen LogP contribution in [0.5, 0.6) is 0 Å². The van der Waals surface area contributed by atoms with Gasteiger partial charge in [0.1, 0.15) is 5.69 Å². The summed E-state index contributed by atoms with van der Waals surface area (Å²) < 4.78 is 39.8. The van der Waals surface area contributed by atoms with E-state index in [9.17, 15) is 18.0 Å². The number of hydrogen-bond acceptors (Lipinski definition) is 4. The van der Waals surface area contributed by atoms with Crippen LogP contribution in [0.25, 0.3) is 5.65 Å². The molecule has 2 heterocycles. The maximum absolute atomic E-state index is 13.0. The van der Waals surface area contributed by atoms with Crippen LogP contribution in [0.2, 0.25) is 0 Å². The smallest absolute Gasteiger partial charge is 0.350 e. The topological polar surface area (TPSA) is 59.3 Å². The largest absolute Gasteiger partial charge is 0.433 e. The maximum atomic E-state index is 13.0. The summed E-state index contributed by atoms with van der Waals surface area (Å²) in [6.45, 7) is 1.72. The second-order valence-corrected chi connectivity index (χ2v) is 5.40. The summed E-state index contributed by atoms with van der Waals surface area (Å²) in [5, 5.41) is 6.22. The minimum absolute atomic E-state index is 0.0571. The van der Waals surface area contributed by atoms with E-state index in [0.717, 1.165) is 6.07 Å². The number of thiol groups is 1. The number of amides is 1. The molecule has 1 amide bonds. The van der Waals surface area contributed by atoms with E-state index >= 15 is 0 Å². The normalized spacial score (nSPS) is 11.9. The highest BCUT2D eigenvalue weighted by Gasteiger charge is 2.36. The lowest BCUT2D eigenvalue weighted by Crippen LogP contribution is -2.26. The van der Waals surface area contributed by atoms with E-state index in [1.165, 1.54) is 6.92 Å². The van der Waals surface area contributed by atoms with E-state index in [2.05, 4.69) is 44.0 Å². The van der Waals surface area contributed by atoms with Gasteiger partial charge in [-0.2, -0.15) is 30.9 Å². The van der Waals surface area contributed by atoms with Crippen LogP contribution in [-0.2, 0) is 6.18 Å². The lowest BCUT2D eigenvalue weighted by Gasteiger charge is -2.09. The molecule has 5 nitrogen and oxygen atoms in total. The number of fused-ring (bicyclic) bond motifs is 1. The van der Waals surface area contributed by atoms with Gasteiger partial charge in [0.15, 0.2) is 11.3 Å². The standard InChI is InChI=1S/C11H10BrF3N4OS/c1-5-4-6(11(13,14)15)19-9(17-5)7(12)8(18-19)10(20)16-2-3-21/h4,21H,2-3H2,1H3,(H,16,20). The Hall–Kier alpha value is -1.29. The van der Waals surface area contributed by atoms with Crippen LogP contribution < -0.4 is 5.32 Å². The van der Waals surface area contributed by atoms with Gasteiger partial charge in [0.25, 0.3) is 5.91 Å². The molecule has 0 saturated heterocycles. The molecule has 2 aromatic heterocycles. The van der Waals surface area contributed by atoms with Crippen molar-refractivity contribution in [3.63, 3.8) is 0 Å². The Morgan fingerprint density at radius 3 is 2.76 bits per heavy atom. The monoisotopic (exact) mass is 382 g/mol. The van der Waals surface area contributed by atoms with E-state index < -0.39 is 17.8 Å². The van der Waals surface area contributed by atoms with Crippen molar-refractivity contribution in [2.45, 2.75) is 13.1 Å². The Labute approximate surface area is 131 Å². The van der Waals surface area contributed by atoms with Crippen LogP contribution in [0.3, 0.4) is 0 Å². The lowest BCUT2D eigenvalue weighted by molar-refractivity contribution is -0.142. The van der Waals surface area contributed by atoms with Crippen molar-refractivity contribution in [1.29, 1.82) is 0 Å². The Kier molecular flexibility index (Phi) is 4.47. The zero-order chi connectivity index (χ0) is 15.8. The summed E-state index contributed by atoms with van der Waals surface area (Å²) in [6, 6.07) is 0.877. The molecule has 1 N–H and O–H groups in total. The van der Waals surface area contributed by atoms with Gasteiger partial charge in [0, 0.05) is 18.0 Å². The predicted octanol–water partition coefficient (Wildman–Crippen LogP) is 2.48. The third-order valence-electron chi connectivity index (χ3n) is 2.56. The summed E-state index contributed by atoms with van der Waals surface area (Å²) >= 11 is 7.02. The molecular weight excluding hydrogens is 373 g/mol. The molecule has 0 saturated carbocycles. The van der Waals surface area contributed by atoms with Crippen molar-refractivity contribution >= 4 is 40.1 Å². The van der Waals surface area contributed by atoms with Gasteiger partial charge in [-0.15, -0.1) is 0 Å². The Balaban J connectivity index is 2.62. The van der Waals surface area contributed by atoms with Crippen LogP contribution >= 0.6 is 28.6 Å². The predicted molar refractivity (Wildman–Crippen MR) is 76.6 cm³/mol. The number of hydrogen-bond donors (Lipinski definition) is 2. The highest BCUT2D eigenvalue weighted by molar-refractivity contribution is 9.10. The summed E-state index contributed by atoms with van der Waals surface area (Å²) in [6.07, 6.45) is -4.60. The van der Waals surface area contributed by atoms with E-state index in [1.54, 1.807) is 0 Å². The van der Waals surface area contributed by atoms with Gasteiger partial charge >= 0.3 is 6.18 Å². The van der Waals surface area contributed by atoms with Crippen LogP contribution in [0.1, 0.15) is 21.9 Å². The van der Waals surface area contributed by atoms with Crippen LogP contribution in [0, 0.1) is 6.92 Å². The van der Waals surface area contributed by atoms with Crippen molar-refractivity contribution in [2.75, 3.05) is 12.3 Å². The molecule has 2 rings (SSSR count). The lowest BCUT2D eigenvalue weighted by atomic mass is 10.3. The van der Waals surface area contributed by atoms with Gasteiger partial charge in [-0.3, -0.25) is 4.79 Å². The van der Waals surface area contributed by atoms with E-state index in [4.69, 9.17) is 0 Å². The van der Waals surface area contributed by atoms with Crippen molar-refractivity contribution in [2.24, 2.45) is 0 Å². The molecule has 0 aliphatic heterocycles. The summed E-state index contributed by atoms with van der Waals surface area (Å²) in [5.41, 5.74) is -1.02. The van der Waals surface area contributed by atoms with Gasteiger partial charge in [0.05, 0.1) is 4.47 Å². The zero-order valence-electron chi connectivity index (χ0n) is 10.7. The fraction of sp³-hybridized carbons (Fsp3) is 0.364. The highest BCUT2D eigenvalue weighted by Crippen LogP contribution is 2.32. The Morgan fingerprint density at radius 1 is 1.52 bits per heavy atom. The van der Waals surface area contributed by atoms with E-state index in [0.29, 0.717) is 10.3 Å². The number of aryl methyl sites for hydroxylation is 1. The van der Waals surface area contributed by atoms with Gasteiger partial charge in [-0.1, -0.05) is 0 Å². The molecule has 2 aromatic rings. The molecular formula is C11H10BrF3N4OS. The number of nitrogens with zero attached hydrogens (tertiary/aromatic N) is 3. The number of aromatic nitrogens is 3. The average molecular weight is 383 g/mol. The minimum atomic E-state index is -4.60. The first kappa shape index (κ1) is 16.1. The maximum Gasteiger partial charge on any atom is 0.433 e. The summed E-state index contributed by atoms with van der Waals surface area (Å²) in [4.78, 5) is 15.9. The molecule has 0 aliphatic rings. The molecule has 0 atom stereocenters. The molecule has 0 aliphatic carbocycles. The fourth-order valence-corrected chi connectivity index (χ4v) is 2.34. The van der Waals surface area contributed by atoms with Gasteiger partial charge < -0.3 is 5.32 Å². The number of carbonyl (C=O) groups excluding carboxylic acids is 1. The van der Waals surface area contributed by atoms with Crippen molar-refractivity contribution in [3.05, 3.63) is 27.6 Å². The molecule has 10 heteroatoms. The molecule has 114 valence electrons. The highest BCUT2D eigenvalue weighted by atomic mass is 79.9. The van der Waals surface area contributed by atoms with Crippen molar-refractivity contribution < 1.29 is 18.0 Å². The molecule has 0 aromatic carbocycles. The number of rotatable bonds is 3. The summed E-state index contributed by atoms with van der Waals surface area (Å²) in [7, 11) is 0. The Bertz CT molecular complexity index is 701. The SMILES string of the molecule is Cc1cc(C(F)(F)F)n2nc(C(=O)NCCS)c(Br)c2n1. The molecule has 21 heavy (non-hydrogen) atoms. The van der Waals surface area contributed by atoms with E-state index in [-0.39, 0.29) is 28.1 Å². The average Bonchev–Trinajstić information content (AvgIpc) is 2.72. The van der Waals surface area contributed by atoms with E-state index in [1.807, 2.05) is 0 Å². The second kappa shape index (κ2) is 5.84. The first-order chi connectivity index (χ1) is 9.75. The number of halogens is 4.